The van der Waals surface area contributed by atoms with Gasteiger partial charge in [0.05, 0.1) is 11.7 Å². The minimum atomic E-state index is 0.128. The lowest BCUT2D eigenvalue weighted by molar-refractivity contribution is 0.440. The van der Waals surface area contributed by atoms with E-state index in [4.69, 9.17) is 5.84 Å². The Morgan fingerprint density at radius 3 is 2.73 bits per heavy atom. The Kier molecular flexibility index (Phi) is 5.22. The van der Waals surface area contributed by atoms with Crippen molar-refractivity contribution in [1.82, 2.24) is 10.4 Å². The molecule has 0 aliphatic carbocycles. The Morgan fingerprint density at radius 1 is 1.47 bits per heavy atom. The lowest BCUT2D eigenvalue weighted by Crippen LogP contribution is -2.29. The molecule has 0 saturated heterocycles. The normalized spacial score (nSPS) is 13.1. The van der Waals surface area contributed by atoms with Crippen molar-refractivity contribution in [3.05, 3.63) is 28.5 Å². The van der Waals surface area contributed by atoms with E-state index in [1.54, 1.807) is 6.20 Å². The second kappa shape index (κ2) is 6.20. The number of nitrogens with one attached hydrogen (secondary N) is 1. The average molecular weight is 272 g/mol. The quantitative estimate of drug-likeness (QED) is 0.640. The molecule has 0 aliphatic heterocycles. The predicted molar refractivity (Wildman–Crippen MR) is 66.1 cm³/mol. The van der Waals surface area contributed by atoms with E-state index in [1.807, 2.05) is 12.1 Å². The third-order valence-electron chi connectivity index (χ3n) is 2.35. The minimum absolute atomic E-state index is 0.128. The first kappa shape index (κ1) is 12.6. The minimum Gasteiger partial charge on any atom is -0.271 e. The van der Waals surface area contributed by atoms with Gasteiger partial charge in [0.25, 0.3) is 0 Å². The first-order valence-electron chi connectivity index (χ1n) is 5.21. The molecular weight excluding hydrogens is 254 g/mol. The van der Waals surface area contributed by atoms with Crippen molar-refractivity contribution in [3.8, 4) is 0 Å². The van der Waals surface area contributed by atoms with Gasteiger partial charge in [0.1, 0.15) is 0 Å². The van der Waals surface area contributed by atoms with E-state index in [2.05, 4.69) is 40.2 Å². The van der Waals surface area contributed by atoms with E-state index in [-0.39, 0.29) is 6.04 Å². The fraction of sp³-hybridized carbons (Fsp3) is 0.545. The summed E-state index contributed by atoms with van der Waals surface area (Å²) in [4.78, 5) is 4.34. The fourth-order valence-corrected chi connectivity index (χ4v) is 1.98. The van der Waals surface area contributed by atoms with Gasteiger partial charge in [-0.25, -0.2) is 0 Å². The summed E-state index contributed by atoms with van der Waals surface area (Å²) >= 11 is 3.49. The molecule has 0 aromatic carbocycles. The zero-order chi connectivity index (χ0) is 11.3. The maximum Gasteiger partial charge on any atom is 0.0728 e. The van der Waals surface area contributed by atoms with Gasteiger partial charge in [-0.15, -0.1) is 0 Å². The summed E-state index contributed by atoms with van der Waals surface area (Å²) in [5, 5.41) is 0. The highest BCUT2D eigenvalue weighted by molar-refractivity contribution is 9.10. The van der Waals surface area contributed by atoms with Crippen LogP contribution in [0.3, 0.4) is 0 Å². The van der Waals surface area contributed by atoms with Crippen LogP contribution in [0, 0.1) is 5.92 Å². The molecule has 0 fully saturated rings. The molecule has 3 N–H and O–H groups in total. The summed E-state index contributed by atoms with van der Waals surface area (Å²) in [7, 11) is 0. The number of hydrogen-bond acceptors (Lipinski definition) is 3. The van der Waals surface area contributed by atoms with E-state index in [1.165, 1.54) is 0 Å². The smallest absolute Gasteiger partial charge is 0.0728 e. The van der Waals surface area contributed by atoms with Gasteiger partial charge in [-0.1, -0.05) is 13.8 Å². The van der Waals surface area contributed by atoms with Crippen LogP contribution in [0.5, 0.6) is 0 Å². The molecule has 0 bridgehead atoms. The van der Waals surface area contributed by atoms with Crippen molar-refractivity contribution in [2.75, 3.05) is 0 Å². The van der Waals surface area contributed by atoms with E-state index >= 15 is 0 Å². The lowest BCUT2D eigenvalue weighted by Gasteiger charge is -2.17. The zero-order valence-corrected chi connectivity index (χ0v) is 10.8. The first-order chi connectivity index (χ1) is 7.15. The van der Waals surface area contributed by atoms with Crippen LogP contribution < -0.4 is 11.3 Å². The molecule has 0 spiro atoms. The SMILES string of the molecule is CC(C)CCC(NN)c1ncccc1Br. The molecule has 1 unspecified atom stereocenters. The van der Waals surface area contributed by atoms with E-state index in [9.17, 15) is 0 Å². The van der Waals surface area contributed by atoms with Crippen LogP contribution >= 0.6 is 15.9 Å². The maximum atomic E-state index is 5.55. The molecular formula is C11H18BrN3. The summed E-state index contributed by atoms with van der Waals surface area (Å²) in [5.74, 6) is 6.23. The standard InChI is InChI=1S/C11H18BrN3/c1-8(2)5-6-10(15-13)11-9(12)4-3-7-14-11/h3-4,7-8,10,15H,5-6,13H2,1-2H3. The molecule has 1 rings (SSSR count). The molecule has 15 heavy (non-hydrogen) atoms. The van der Waals surface area contributed by atoms with Gasteiger partial charge in [0, 0.05) is 10.7 Å². The van der Waals surface area contributed by atoms with Crippen LogP contribution in [0.1, 0.15) is 38.4 Å². The van der Waals surface area contributed by atoms with Gasteiger partial charge >= 0.3 is 0 Å². The zero-order valence-electron chi connectivity index (χ0n) is 9.20. The number of hydrazine groups is 1. The van der Waals surface area contributed by atoms with Crippen molar-refractivity contribution in [2.45, 2.75) is 32.7 Å². The highest BCUT2D eigenvalue weighted by Gasteiger charge is 2.14. The molecule has 84 valence electrons. The monoisotopic (exact) mass is 271 g/mol. The predicted octanol–water partition coefficient (Wildman–Crippen LogP) is 2.78. The highest BCUT2D eigenvalue weighted by atomic mass is 79.9. The molecule has 3 nitrogen and oxygen atoms in total. The second-order valence-corrected chi connectivity index (χ2v) is 4.92. The Morgan fingerprint density at radius 2 is 2.20 bits per heavy atom. The summed E-state index contributed by atoms with van der Waals surface area (Å²) in [5.41, 5.74) is 3.81. The second-order valence-electron chi connectivity index (χ2n) is 4.06. The molecule has 0 saturated carbocycles. The van der Waals surface area contributed by atoms with Crippen LogP contribution in [0.4, 0.5) is 0 Å². The van der Waals surface area contributed by atoms with Crippen LogP contribution in [0.2, 0.25) is 0 Å². The summed E-state index contributed by atoms with van der Waals surface area (Å²) in [6, 6.07) is 4.02. The van der Waals surface area contributed by atoms with Crippen LogP contribution in [-0.2, 0) is 0 Å². The lowest BCUT2D eigenvalue weighted by atomic mass is 10.0. The molecule has 4 heteroatoms. The number of nitrogens with two attached hydrogens (primary N) is 1. The topological polar surface area (TPSA) is 50.9 Å². The fourth-order valence-electron chi connectivity index (χ4n) is 1.45. The van der Waals surface area contributed by atoms with E-state index in [0.29, 0.717) is 5.92 Å². The third-order valence-corrected chi connectivity index (χ3v) is 3.02. The molecule has 1 aromatic heterocycles. The van der Waals surface area contributed by atoms with E-state index < -0.39 is 0 Å². The van der Waals surface area contributed by atoms with Crippen LogP contribution in [-0.4, -0.2) is 4.98 Å². The number of halogens is 1. The largest absolute Gasteiger partial charge is 0.271 e. The number of nitrogens with zero attached hydrogens (tertiary/aromatic N) is 1. The maximum absolute atomic E-state index is 5.55. The van der Waals surface area contributed by atoms with Gasteiger partial charge in [-0.05, 0) is 46.8 Å². The van der Waals surface area contributed by atoms with Crippen LogP contribution in [0.15, 0.2) is 22.8 Å². The molecule has 0 amide bonds. The van der Waals surface area contributed by atoms with Gasteiger partial charge in [0.2, 0.25) is 0 Å². The Balaban J connectivity index is 2.70. The molecule has 0 radical (unpaired) electrons. The number of aromatic nitrogens is 1. The van der Waals surface area contributed by atoms with Gasteiger partial charge in [-0.3, -0.25) is 16.3 Å². The van der Waals surface area contributed by atoms with Gasteiger partial charge in [0.15, 0.2) is 0 Å². The van der Waals surface area contributed by atoms with Crippen LogP contribution in [0.25, 0.3) is 0 Å². The molecule has 1 atom stereocenters. The molecule has 1 aromatic rings. The van der Waals surface area contributed by atoms with Crippen molar-refractivity contribution in [2.24, 2.45) is 11.8 Å². The molecule has 1 heterocycles. The van der Waals surface area contributed by atoms with Crippen molar-refractivity contribution in [3.63, 3.8) is 0 Å². The van der Waals surface area contributed by atoms with Crippen molar-refractivity contribution >= 4 is 15.9 Å². The average Bonchev–Trinajstić information content (AvgIpc) is 2.21. The summed E-state index contributed by atoms with van der Waals surface area (Å²) in [6.07, 6.45) is 3.93. The van der Waals surface area contributed by atoms with Crippen molar-refractivity contribution in [1.29, 1.82) is 0 Å². The number of hydrogen-bond donors (Lipinski definition) is 2. The first-order valence-corrected chi connectivity index (χ1v) is 6.01. The van der Waals surface area contributed by atoms with Crippen molar-refractivity contribution < 1.29 is 0 Å². The number of rotatable bonds is 5. The van der Waals surface area contributed by atoms with E-state index in [0.717, 1.165) is 23.0 Å². The summed E-state index contributed by atoms with van der Waals surface area (Å²) < 4.78 is 1.01. The Hall–Kier alpha value is -0.450. The third kappa shape index (κ3) is 3.89. The van der Waals surface area contributed by atoms with Gasteiger partial charge < -0.3 is 0 Å². The molecule has 0 aliphatic rings. The highest BCUT2D eigenvalue weighted by Crippen LogP contribution is 2.24. The Bertz CT molecular complexity index is 302. The number of pyridine rings is 1. The Labute approximate surface area is 99.6 Å². The summed E-state index contributed by atoms with van der Waals surface area (Å²) in [6.45, 7) is 4.42. The van der Waals surface area contributed by atoms with Gasteiger partial charge in [-0.2, -0.15) is 0 Å².